The van der Waals surface area contributed by atoms with Crippen LogP contribution < -0.4 is 10.2 Å². The van der Waals surface area contributed by atoms with E-state index in [4.69, 9.17) is 0 Å². The topological polar surface area (TPSA) is 69.7 Å². The lowest BCUT2D eigenvalue weighted by Crippen LogP contribution is -2.54. The van der Waals surface area contributed by atoms with Crippen LogP contribution in [0.25, 0.3) is 10.8 Å². The number of nitrogens with zero attached hydrogens (tertiary/aromatic N) is 2. The zero-order chi connectivity index (χ0) is 28.3. The Bertz CT molecular complexity index is 1590. The highest BCUT2D eigenvalue weighted by Gasteiger charge is 2.36. The second-order valence-corrected chi connectivity index (χ2v) is 10.9. The number of hydrogen-bond donors (Lipinski definition) is 1. The number of hydrogen-bond acceptors (Lipinski definition) is 3. The van der Waals surface area contributed by atoms with E-state index in [1.165, 1.54) is 15.9 Å². The average molecular weight is 550 g/mol. The molecule has 41 heavy (non-hydrogen) atoms. The molecule has 0 saturated heterocycles. The van der Waals surface area contributed by atoms with Gasteiger partial charge < -0.3 is 10.2 Å². The fourth-order valence-electron chi connectivity index (χ4n) is 6.09. The number of nitrogens with one attached hydrogen (secondary N) is 1. The molecule has 208 valence electrons. The molecule has 1 aliphatic heterocycles. The summed E-state index contributed by atoms with van der Waals surface area (Å²) in [5.74, 6) is -1.39. The molecule has 3 amide bonds. The molecule has 0 bridgehead atoms. The Hall–Kier alpha value is -4.52. The highest BCUT2D eigenvalue weighted by molar-refractivity contribution is 6.26. The molecule has 1 N–H and O–H groups in total. The summed E-state index contributed by atoms with van der Waals surface area (Å²) in [6, 6.07) is 26.2. The second kappa shape index (κ2) is 11.5. The van der Waals surface area contributed by atoms with E-state index in [2.05, 4.69) is 5.32 Å². The Morgan fingerprint density at radius 2 is 1.61 bits per heavy atom. The SMILES string of the molecule is O=C(NC1CCCC1)[C@H](Cc1ccccc1)N(Cc1ccccc1F)C(=O)CN1C(=O)c2cccc3cccc1c23. The third kappa shape index (κ3) is 5.44. The summed E-state index contributed by atoms with van der Waals surface area (Å²) in [5, 5.41) is 4.89. The van der Waals surface area contributed by atoms with Crippen molar-refractivity contribution in [3.05, 3.63) is 114 Å². The first-order chi connectivity index (χ1) is 20.0. The molecule has 4 aromatic carbocycles. The monoisotopic (exact) mass is 549 g/mol. The van der Waals surface area contributed by atoms with Crippen molar-refractivity contribution in [3.8, 4) is 0 Å². The van der Waals surface area contributed by atoms with Gasteiger partial charge in [-0.15, -0.1) is 0 Å². The molecule has 1 atom stereocenters. The van der Waals surface area contributed by atoms with E-state index < -0.39 is 17.8 Å². The minimum atomic E-state index is -0.888. The average Bonchev–Trinajstić information content (AvgIpc) is 3.60. The minimum Gasteiger partial charge on any atom is -0.352 e. The van der Waals surface area contributed by atoms with E-state index >= 15 is 0 Å². The fraction of sp³-hybridized carbons (Fsp3) is 0.265. The molecule has 0 aromatic heterocycles. The second-order valence-electron chi connectivity index (χ2n) is 10.9. The summed E-state index contributed by atoms with van der Waals surface area (Å²) in [6.45, 7) is -0.358. The molecule has 1 fully saturated rings. The van der Waals surface area contributed by atoms with E-state index in [-0.39, 0.29) is 37.4 Å². The van der Waals surface area contributed by atoms with Gasteiger partial charge in [0.2, 0.25) is 11.8 Å². The van der Waals surface area contributed by atoms with Crippen LogP contribution in [0.3, 0.4) is 0 Å². The van der Waals surface area contributed by atoms with E-state index in [1.807, 2.05) is 60.7 Å². The largest absolute Gasteiger partial charge is 0.352 e. The van der Waals surface area contributed by atoms with Crippen LogP contribution >= 0.6 is 0 Å². The van der Waals surface area contributed by atoms with Crippen molar-refractivity contribution in [2.24, 2.45) is 0 Å². The van der Waals surface area contributed by atoms with Crippen molar-refractivity contribution in [2.75, 3.05) is 11.4 Å². The van der Waals surface area contributed by atoms with E-state index in [9.17, 15) is 18.8 Å². The molecular weight excluding hydrogens is 517 g/mol. The molecule has 6 rings (SSSR count). The highest BCUT2D eigenvalue weighted by atomic mass is 19.1. The molecule has 0 spiro atoms. The molecule has 2 aliphatic rings. The zero-order valence-corrected chi connectivity index (χ0v) is 22.8. The van der Waals surface area contributed by atoms with E-state index in [1.54, 1.807) is 24.3 Å². The summed E-state index contributed by atoms with van der Waals surface area (Å²) < 4.78 is 14.9. The van der Waals surface area contributed by atoms with Crippen LogP contribution in [0.15, 0.2) is 91.0 Å². The van der Waals surface area contributed by atoms with Gasteiger partial charge in [-0.2, -0.15) is 0 Å². The lowest BCUT2D eigenvalue weighted by molar-refractivity contribution is -0.140. The van der Waals surface area contributed by atoms with Crippen LogP contribution in [-0.2, 0) is 22.6 Å². The molecule has 1 heterocycles. The number of amides is 3. The molecule has 1 aliphatic carbocycles. The number of carbonyl (C=O) groups is 3. The summed E-state index contributed by atoms with van der Waals surface area (Å²) in [7, 11) is 0. The van der Waals surface area contributed by atoms with Crippen molar-refractivity contribution in [3.63, 3.8) is 0 Å². The summed E-state index contributed by atoms with van der Waals surface area (Å²) in [4.78, 5) is 44.5. The van der Waals surface area contributed by atoms with Crippen molar-refractivity contribution in [2.45, 2.75) is 50.7 Å². The third-order valence-corrected chi connectivity index (χ3v) is 8.21. The number of halogens is 1. The molecule has 0 radical (unpaired) electrons. The smallest absolute Gasteiger partial charge is 0.259 e. The summed E-state index contributed by atoms with van der Waals surface area (Å²) >= 11 is 0. The molecule has 0 unspecified atom stereocenters. The van der Waals surface area contributed by atoms with Gasteiger partial charge in [0.05, 0.1) is 5.69 Å². The van der Waals surface area contributed by atoms with Gasteiger partial charge in [-0.25, -0.2) is 4.39 Å². The highest BCUT2D eigenvalue weighted by Crippen LogP contribution is 2.37. The summed E-state index contributed by atoms with van der Waals surface area (Å²) in [5.41, 5.74) is 2.41. The first kappa shape index (κ1) is 26.7. The number of anilines is 1. The third-order valence-electron chi connectivity index (χ3n) is 8.21. The Labute approximate surface area is 238 Å². The quantitative estimate of drug-likeness (QED) is 0.294. The van der Waals surface area contributed by atoms with E-state index in [0.717, 1.165) is 42.0 Å². The molecule has 6 nitrogen and oxygen atoms in total. The Kier molecular flexibility index (Phi) is 7.51. The van der Waals surface area contributed by atoms with E-state index in [0.29, 0.717) is 16.8 Å². The van der Waals surface area contributed by atoms with Gasteiger partial charge in [-0.05, 0) is 42.0 Å². The minimum absolute atomic E-state index is 0.0541. The fourth-order valence-corrected chi connectivity index (χ4v) is 6.09. The zero-order valence-electron chi connectivity index (χ0n) is 22.8. The first-order valence-corrected chi connectivity index (χ1v) is 14.2. The maximum Gasteiger partial charge on any atom is 0.259 e. The normalized spacial score (nSPS) is 15.3. The standard InChI is InChI=1S/C34H32FN3O3/c35-28-18-7-4-12-25(28)21-37(30(20-23-10-2-1-3-11-23)33(40)36-26-15-5-6-16-26)31(39)22-38-29-19-9-14-24-13-8-17-27(32(24)29)34(38)41/h1-4,7-14,17-19,26,30H,5-6,15-16,20-22H2,(H,36,40)/t30-/m0/s1. The lowest BCUT2D eigenvalue weighted by Gasteiger charge is -2.33. The van der Waals surface area contributed by atoms with Gasteiger partial charge in [0.25, 0.3) is 5.91 Å². The van der Waals surface area contributed by atoms with Gasteiger partial charge in [0.1, 0.15) is 18.4 Å². The summed E-state index contributed by atoms with van der Waals surface area (Å²) in [6.07, 6.45) is 4.17. The number of benzene rings is 4. The van der Waals surface area contributed by atoms with Crippen LogP contribution in [0.1, 0.15) is 47.2 Å². The van der Waals surface area contributed by atoms with Crippen LogP contribution in [-0.4, -0.2) is 41.2 Å². The van der Waals surface area contributed by atoms with Gasteiger partial charge in [-0.3, -0.25) is 19.3 Å². The Morgan fingerprint density at radius 3 is 2.37 bits per heavy atom. The van der Waals surface area contributed by atoms with Gasteiger partial charge in [-0.1, -0.05) is 85.6 Å². The molecule has 1 saturated carbocycles. The molecular formula is C34H32FN3O3. The maximum atomic E-state index is 14.9. The van der Waals surface area contributed by atoms with Gasteiger partial charge in [0, 0.05) is 35.5 Å². The van der Waals surface area contributed by atoms with Crippen LogP contribution in [0.2, 0.25) is 0 Å². The lowest BCUT2D eigenvalue weighted by atomic mass is 10.0. The predicted molar refractivity (Wildman–Crippen MR) is 157 cm³/mol. The van der Waals surface area contributed by atoms with Crippen molar-refractivity contribution in [1.82, 2.24) is 10.2 Å². The molecule has 7 heteroatoms. The Balaban J connectivity index is 1.36. The molecule has 4 aromatic rings. The number of rotatable bonds is 9. The van der Waals surface area contributed by atoms with Gasteiger partial charge in [0.15, 0.2) is 0 Å². The van der Waals surface area contributed by atoms with Crippen molar-refractivity contribution in [1.29, 1.82) is 0 Å². The van der Waals surface area contributed by atoms with Crippen LogP contribution in [0.4, 0.5) is 10.1 Å². The predicted octanol–water partition coefficient (Wildman–Crippen LogP) is 5.64. The maximum absolute atomic E-state index is 14.9. The Morgan fingerprint density at radius 1 is 0.902 bits per heavy atom. The first-order valence-electron chi connectivity index (χ1n) is 14.2. The van der Waals surface area contributed by atoms with Crippen molar-refractivity contribution >= 4 is 34.2 Å². The number of carbonyl (C=O) groups excluding carboxylic acids is 3. The van der Waals surface area contributed by atoms with Crippen molar-refractivity contribution < 1.29 is 18.8 Å². The van der Waals surface area contributed by atoms with Gasteiger partial charge >= 0.3 is 0 Å². The van der Waals surface area contributed by atoms with Crippen LogP contribution in [0, 0.1) is 5.82 Å². The van der Waals surface area contributed by atoms with Crippen LogP contribution in [0.5, 0.6) is 0 Å².